The third-order valence-corrected chi connectivity index (χ3v) is 4.93. The van der Waals surface area contributed by atoms with Crippen LogP contribution in [0, 0.1) is 23.5 Å². The summed E-state index contributed by atoms with van der Waals surface area (Å²) in [6.07, 6.45) is 4.83. The second kappa shape index (κ2) is 10.6. The molecule has 0 aromatic heterocycles. The number of hydrogen-bond acceptors (Lipinski definition) is 1. The van der Waals surface area contributed by atoms with Crippen LogP contribution in [-0.2, 0) is 6.42 Å². The summed E-state index contributed by atoms with van der Waals surface area (Å²) in [5.41, 5.74) is 4.36. The van der Waals surface area contributed by atoms with Crippen molar-refractivity contribution in [3.05, 3.63) is 89.0 Å². The molecule has 154 valence electrons. The third kappa shape index (κ3) is 5.48. The number of unbranched alkanes of at least 4 members (excludes halogenated alkanes) is 2. The highest BCUT2D eigenvalue weighted by atomic mass is 19.2. The summed E-state index contributed by atoms with van der Waals surface area (Å²) >= 11 is 0. The first-order chi connectivity index (χ1) is 14.6. The Kier molecular flexibility index (Phi) is 7.63. The van der Waals surface area contributed by atoms with Gasteiger partial charge in [0.05, 0.1) is 12.2 Å². The van der Waals surface area contributed by atoms with Gasteiger partial charge in [0.25, 0.3) is 0 Å². The summed E-state index contributed by atoms with van der Waals surface area (Å²) in [4.78, 5) is 0. The van der Waals surface area contributed by atoms with Crippen molar-refractivity contribution in [1.29, 1.82) is 0 Å². The fourth-order valence-corrected chi connectivity index (χ4v) is 3.22. The molecule has 0 spiro atoms. The van der Waals surface area contributed by atoms with Gasteiger partial charge in [-0.15, -0.1) is 0 Å². The van der Waals surface area contributed by atoms with Gasteiger partial charge in [-0.3, -0.25) is 0 Å². The average molecular weight is 405 g/mol. The molecule has 0 saturated carbocycles. The molecule has 3 rings (SSSR count). The maximum atomic E-state index is 14.1. The van der Waals surface area contributed by atoms with Crippen molar-refractivity contribution in [3.8, 4) is 28.7 Å². The Balaban J connectivity index is 1.71. The molecule has 0 amide bonds. The van der Waals surface area contributed by atoms with Crippen molar-refractivity contribution in [2.75, 3.05) is 6.61 Å². The molecule has 30 heavy (non-hydrogen) atoms. The van der Waals surface area contributed by atoms with Crippen LogP contribution >= 0.6 is 0 Å². The van der Waals surface area contributed by atoms with Gasteiger partial charge in [0, 0.05) is 5.56 Å². The second-order valence-corrected chi connectivity index (χ2v) is 7.15. The van der Waals surface area contributed by atoms with Crippen LogP contribution in [0.5, 0.6) is 5.75 Å². The van der Waals surface area contributed by atoms with Crippen LogP contribution < -0.4 is 4.74 Å². The predicted octanol–water partition coefficient (Wildman–Crippen LogP) is 7.16. The van der Waals surface area contributed by atoms with Crippen LogP contribution in [0.3, 0.4) is 0 Å². The second-order valence-electron chi connectivity index (χ2n) is 7.15. The Morgan fingerprint density at radius 3 is 2.03 bits per heavy atom. The van der Waals surface area contributed by atoms with Crippen LogP contribution in [0.2, 0.25) is 0 Å². The van der Waals surface area contributed by atoms with Gasteiger partial charge < -0.3 is 4.74 Å². The summed E-state index contributed by atoms with van der Waals surface area (Å²) in [5, 5.41) is 0. The summed E-state index contributed by atoms with van der Waals surface area (Å²) in [7, 11) is 0. The average Bonchev–Trinajstić information content (AvgIpc) is 2.78. The first-order valence-electron chi connectivity index (χ1n) is 10.4. The van der Waals surface area contributed by atoms with Crippen LogP contribution in [0.25, 0.3) is 11.1 Å². The zero-order chi connectivity index (χ0) is 21.3. The van der Waals surface area contributed by atoms with Crippen molar-refractivity contribution in [1.82, 2.24) is 0 Å². The van der Waals surface area contributed by atoms with E-state index < -0.39 is 11.6 Å². The molecule has 0 bridgehead atoms. The van der Waals surface area contributed by atoms with E-state index in [0.717, 1.165) is 23.1 Å². The third-order valence-electron chi connectivity index (χ3n) is 4.93. The van der Waals surface area contributed by atoms with Crippen LogP contribution in [0.4, 0.5) is 8.78 Å². The van der Waals surface area contributed by atoms with E-state index in [1.54, 1.807) is 6.92 Å². The number of hydrogen-bond donors (Lipinski definition) is 0. The number of benzene rings is 3. The maximum Gasteiger partial charge on any atom is 0.201 e. The van der Waals surface area contributed by atoms with Gasteiger partial charge in [0.15, 0.2) is 11.6 Å². The lowest BCUT2D eigenvalue weighted by molar-refractivity contribution is 0.314. The lowest BCUT2D eigenvalue weighted by Gasteiger charge is -2.06. The fourth-order valence-electron chi connectivity index (χ4n) is 3.22. The molecule has 0 heterocycles. The molecule has 0 aliphatic carbocycles. The summed E-state index contributed by atoms with van der Waals surface area (Å²) in [6, 6.07) is 19.2. The minimum Gasteiger partial charge on any atom is -0.491 e. The normalized spacial score (nSPS) is 10.4. The van der Waals surface area contributed by atoms with Crippen molar-refractivity contribution >= 4 is 0 Å². The van der Waals surface area contributed by atoms with Crippen molar-refractivity contribution in [3.63, 3.8) is 0 Å². The molecule has 0 aliphatic heterocycles. The molecule has 0 fully saturated rings. The van der Waals surface area contributed by atoms with Gasteiger partial charge in [-0.25, -0.2) is 4.39 Å². The Morgan fingerprint density at radius 2 is 1.40 bits per heavy atom. The molecule has 0 saturated heterocycles. The number of ether oxygens (including phenoxy) is 1. The highest BCUT2D eigenvalue weighted by Gasteiger charge is 2.12. The van der Waals surface area contributed by atoms with E-state index in [2.05, 4.69) is 43.0 Å². The summed E-state index contributed by atoms with van der Waals surface area (Å²) in [6.45, 7) is 4.20. The molecule has 1 nitrogen and oxygen atoms in total. The molecule has 0 atom stereocenters. The maximum absolute atomic E-state index is 14.1. The van der Waals surface area contributed by atoms with Gasteiger partial charge >= 0.3 is 0 Å². The number of aryl methyl sites for hydroxylation is 1. The van der Waals surface area contributed by atoms with Gasteiger partial charge in [-0.1, -0.05) is 68.0 Å². The molecule has 3 aromatic rings. The molecule has 3 heteroatoms. The van der Waals surface area contributed by atoms with Crippen molar-refractivity contribution in [2.45, 2.75) is 39.5 Å². The van der Waals surface area contributed by atoms with E-state index in [1.807, 2.05) is 24.3 Å². The van der Waals surface area contributed by atoms with E-state index in [4.69, 9.17) is 4.74 Å². The van der Waals surface area contributed by atoms with Crippen molar-refractivity contribution in [2.24, 2.45) is 0 Å². The standard InChI is InChI=1S/C27H26F2O/c1-3-5-6-7-20-8-13-22(14-9-20)23-15-10-21(11-16-23)12-17-24-18-19-25(30-4-2)27(29)26(24)28/h8-11,13-16,18-19H,3-7H2,1-2H3. The van der Waals surface area contributed by atoms with Crippen LogP contribution in [-0.4, -0.2) is 6.61 Å². The van der Waals surface area contributed by atoms with Gasteiger partial charge in [-0.2, -0.15) is 4.39 Å². The molecule has 0 unspecified atom stereocenters. The highest BCUT2D eigenvalue weighted by molar-refractivity contribution is 5.64. The number of halogens is 2. The van der Waals surface area contributed by atoms with Gasteiger partial charge in [-0.05, 0) is 60.7 Å². The smallest absolute Gasteiger partial charge is 0.201 e. The van der Waals surface area contributed by atoms with E-state index in [-0.39, 0.29) is 17.9 Å². The monoisotopic (exact) mass is 404 g/mol. The first-order valence-corrected chi connectivity index (χ1v) is 10.4. The van der Waals surface area contributed by atoms with Gasteiger partial charge in [0.1, 0.15) is 0 Å². The quantitative estimate of drug-likeness (QED) is 0.300. The Labute approximate surface area is 177 Å². The van der Waals surface area contributed by atoms with E-state index in [9.17, 15) is 8.78 Å². The van der Waals surface area contributed by atoms with E-state index >= 15 is 0 Å². The molecular weight excluding hydrogens is 378 g/mol. The Morgan fingerprint density at radius 1 is 0.733 bits per heavy atom. The summed E-state index contributed by atoms with van der Waals surface area (Å²) in [5.74, 6) is 3.53. The molecule has 0 aliphatic rings. The largest absolute Gasteiger partial charge is 0.491 e. The van der Waals surface area contributed by atoms with E-state index in [0.29, 0.717) is 0 Å². The minimum atomic E-state index is -1.00. The zero-order valence-electron chi connectivity index (χ0n) is 17.5. The Bertz CT molecular complexity index is 1030. The topological polar surface area (TPSA) is 9.23 Å². The fraction of sp³-hybridized carbons (Fsp3) is 0.259. The SMILES string of the molecule is CCCCCc1ccc(-c2ccc(C#Cc3ccc(OCC)c(F)c3F)cc2)cc1. The predicted molar refractivity (Wildman–Crippen MR) is 119 cm³/mol. The van der Waals surface area contributed by atoms with Gasteiger partial charge in [0.2, 0.25) is 5.82 Å². The lowest BCUT2D eigenvalue weighted by atomic mass is 10.0. The lowest BCUT2D eigenvalue weighted by Crippen LogP contribution is -1.98. The van der Waals surface area contributed by atoms with Crippen LogP contribution in [0.15, 0.2) is 60.7 Å². The Hall–Kier alpha value is -3.12. The summed E-state index contributed by atoms with van der Waals surface area (Å²) < 4.78 is 33.2. The first kappa shape index (κ1) is 21.6. The number of rotatable bonds is 7. The molecule has 0 N–H and O–H groups in total. The molecular formula is C27H26F2O. The minimum absolute atomic E-state index is 0.0127. The molecule has 3 aromatic carbocycles. The highest BCUT2D eigenvalue weighted by Crippen LogP contribution is 2.23. The van der Waals surface area contributed by atoms with Crippen LogP contribution in [0.1, 0.15) is 49.8 Å². The van der Waals surface area contributed by atoms with E-state index in [1.165, 1.54) is 37.0 Å². The molecule has 0 radical (unpaired) electrons. The van der Waals surface area contributed by atoms with Crippen molar-refractivity contribution < 1.29 is 13.5 Å². The zero-order valence-corrected chi connectivity index (χ0v) is 17.5.